The van der Waals surface area contributed by atoms with E-state index < -0.39 is 0 Å². The van der Waals surface area contributed by atoms with Crippen LogP contribution in [0.3, 0.4) is 0 Å². The summed E-state index contributed by atoms with van der Waals surface area (Å²) in [6.45, 7) is 11.9. The van der Waals surface area contributed by atoms with Gasteiger partial charge < -0.3 is 29.2 Å². The van der Waals surface area contributed by atoms with Crippen LogP contribution in [0.4, 0.5) is 11.6 Å². The van der Waals surface area contributed by atoms with E-state index in [4.69, 9.17) is 14.7 Å². The van der Waals surface area contributed by atoms with Gasteiger partial charge in [0, 0.05) is 48.7 Å². The van der Waals surface area contributed by atoms with Crippen molar-refractivity contribution in [3.8, 4) is 29.4 Å². The fourth-order valence-electron chi connectivity index (χ4n) is 8.13. The van der Waals surface area contributed by atoms with Crippen LogP contribution in [0.1, 0.15) is 80.3 Å². The third kappa shape index (κ3) is 7.52. The number of aromatic nitrogens is 10. The Labute approximate surface area is 352 Å². The van der Waals surface area contributed by atoms with Crippen LogP contribution in [0.25, 0.3) is 44.1 Å². The molecule has 1 saturated heterocycles. The minimum absolute atomic E-state index is 0.263. The second-order valence-corrected chi connectivity index (χ2v) is 16.0. The largest absolute Gasteiger partial charge is 0.492 e. The van der Waals surface area contributed by atoms with Crippen molar-refractivity contribution in [2.45, 2.75) is 52.1 Å². The molecular formula is C48H44N12O. The molecule has 0 aliphatic carbocycles. The normalized spacial score (nSPS) is 14.3. The summed E-state index contributed by atoms with van der Waals surface area (Å²) in [6, 6.07) is 24.6. The highest BCUT2D eigenvalue weighted by Gasteiger charge is 2.26. The Kier molecular flexibility index (Phi) is 9.87. The molecule has 13 heteroatoms. The number of nitrogens with one attached hydrogen (secondary N) is 3. The Bertz CT molecular complexity index is 3180. The van der Waals surface area contributed by atoms with Gasteiger partial charge in [-0.25, -0.2) is 24.9 Å². The molecule has 6 aromatic heterocycles. The smallest absolute Gasteiger partial charge is 0.230 e. The number of aromatic amines is 2. The van der Waals surface area contributed by atoms with Gasteiger partial charge in [0.25, 0.3) is 0 Å². The second kappa shape index (κ2) is 15.9. The van der Waals surface area contributed by atoms with Gasteiger partial charge in [-0.1, -0.05) is 24.0 Å². The number of hydrogen-bond donors (Lipinski definition) is 3. The van der Waals surface area contributed by atoms with Crippen LogP contribution < -0.4 is 10.1 Å². The minimum atomic E-state index is 0.263. The van der Waals surface area contributed by atoms with Gasteiger partial charge in [0.15, 0.2) is 0 Å². The highest BCUT2D eigenvalue weighted by atomic mass is 16.5. The zero-order valence-electron chi connectivity index (χ0n) is 34.4. The minimum Gasteiger partial charge on any atom is -0.492 e. The Morgan fingerprint density at radius 1 is 0.754 bits per heavy atom. The SMILES string of the molecule is CC(C)n1cnc2cccc(C#Cc3nc(Nc4ccc(OCCN5CCC(c6cc7c(C#Cc8cccc9ncn(C(C)C)c89)ncnc7[nH]6)C5)cc4)nc4[nH]ccc34)c21. The van der Waals surface area contributed by atoms with Gasteiger partial charge in [0.1, 0.15) is 41.4 Å². The lowest BCUT2D eigenvalue weighted by atomic mass is 10.1. The Morgan fingerprint density at radius 2 is 1.46 bits per heavy atom. The molecule has 1 unspecified atom stereocenters. The molecule has 0 amide bonds. The molecule has 3 aromatic carbocycles. The van der Waals surface area contributed by atoms with Crippen molar-refractivity contribution in [2.24, 2.45) is 0 Å². The number of rotatable bonds is 9. The number of nitrogens with zero attached hydrogens (tertiary/aromatic N) is 9. The first-order valence-electron chi connectivity index (χ1n) is 20.7. The monoisotopic (exact) mass is 804 g/mol. The van der Waals surface area contributed by atoms with E-state index in [0.29, 0.717) is 35.5 Å². The summed E-state index contributed by atoms with van der Waals surface area (Å²) in [5.41, 5.74) is 10.7. The summed E-state index contributed by atoms with van der Waals surface area (Å²) in [4.78, 5) is 37.0. The van der Waals surface area contributed by atoms with Gasteiger partial charge in [0.05, 0.1) is 56.6 Å². The topological polar surface area (TPSA) is 143 Å². The second-order valence-electron chi connectivity index (χ2n) is 16.0. The fourth-order valence-corrected chi connectivity index (χ4v) is 8.13. The standard InChI is InChI=1S/C48H44N12O/c1-30(2)59-28-52-41-9-5-7-32(44(41)59)11-17-39-38-25-43(55-47(38)51-27-50-39)34-20-22-58(26-34)23-24-61-36-15-13-35(14-16-36)54-48-56-40(37-19-21-49-46(37)57-48)18-12-33-8-6-10-42-45(33)60(29-53-42)31(3)4/h5-10,13-16,19,21,25,27-31,34H,20,22-24,26H2,1-4H3,(H,50,51,55)(H2,49,54,56,57). The molecule has 0 bridgehead atoms. The molecule has 0 saturated carbocycles. The number of benzene rings is 3. The third-order valence-electron chi connectivity index (χ3n) is 11.3. The van der Waals surface area contributed by atoms with Gasteiger partial charge in [-0.3, -0.25) is 4.90 Å². The van der Waals surface area contributed by atoms with E-state index in [-0.39, 0.29) is 12.1 Å². The molecule has 1 aliphatic rings. The third-order valence-corrected chi connectivity index (χ3v) is 11.3. The number of likely N-dealkylation sites (tertiary alicyclic amines) is 1. The van der Waals surface area contributed by atoms with Crippen molar-refractivity contribution in [3.05, 3.63) is 126 Å². The first kappa shape index (κ1) is 37.8. The van der Waals surface area contributed by atoms with Gasteiger partial charge >= 0.3 is 0 Å². The average molecular weight is 805 g/mol. The molecule has 0 radical (unpaired) electrons. The lowest BCUT2D eigenvalue weighted by molar-refractivity contribution is 0.236. The summed E-state index contributed by atoms with van der Waals surface area (Å²) in [5, 5.41) is 5.16. The predicted molar refractivity (Wildman–Crippen MR) is 239 cm³/mol. The van der Waals surface area contributed by atoms with Crippen molar-refractivity contribution < 1.29 is 4.74 Å². The molecule has 7 heterocycles. The van der Waals surface area contributed by atoms with Crippen molar-refractivity contribution in [3.63, 3.8) is 0 Å². The number of H-pyrrole nitrogens is 2. The Hall–Kier alpha value is -7.48. The summed E-state index contributed by atoms with van der Waals surface area (Å²) in [7, 11) is 0. The van der Waals surface area contributed by atoms with E-state index in [1.54, 1.807) is 6.33 Å². The van der Waals surface area contributed by atoms with Gasteiger partial charge in [-0.15, -0.1) is 0 Å². The number of para-hydroxylation sites is 2. The van der Waals surface area contributed by atoms with Crippen LogP contribution >= 0.6 is 0 Å². The molecule has 1 atom stereocenters. The summed E-state index contributed by atoms with van der Waals surface area (Å²) in [6.07, 6.45) is 8.25. The molecule has 302 valence electrons. The molecule has 3 N–H and O–H groups in total. The van der Waals surface area contributed by atoms with Crippen molar-refractivity contribution in [2.75, 3.05) is 31.6 Å². The van der Waals surface area contributed by atoms with Crippen LogP contribution in [0.2, 0.25) is 0 Å². The van der Waals surface area contributed by atoms with E-state index >= 15 is 0 Å². The summed E-state index contributed by atoms with van der Waals surface area (Å²) >= 11 is 0. The zero-order valence-corrected chi connectivity index (χ0v) is 34.4. The highest BCUT2D eigenvalue weighted by Crippen LogP contribution is 2.30. The highest BCUT2D eigenvalue weighted by molar-refractivity contribution is 5.86. The summed E-state index contributed by atoms with van der Waals surface area (Å²) in [5.74, 6) is 15.0. The number of anilines is 2. The molecule has 9 aromatic rings. The van der Waals surface area contributed by atoms with Crippen molar-refractivity contribution >= 4 is 55.8 Å². The van der Waals surface area contributed by atoms with E-state index in [1.807, 2.05) is 85.6 Å². The maximum absolute atomic E-state index is 6.19. The maximum atomic E-state index is 6.19. The van der Waals surface area contributed by atoms with Crippen LogP contribution in [0.15, 0.2) is 98.0 Å². The Morgan fingerprint density at radius 3 is 2.16 bits per heavy atom. The molecule has 1 aliphatic heterocycles. The quantitative estimate of drug-likeness (QED) is 0.122. The molecule has 10 rings (SSSR count). The van der Waals surface area contributed by atoms with Crippen molar-refractivity contribution in [1.29, 1.82) is 0 Å². The van der Waals surface area contributed by atoms with Crippen LogP contribution in [0.5, 0.6) is 5.75 Å². The number of fused-ring (bicyclic) bond motifs is 4. The van der Waals surface area contributed by atoms with Crippen molar-refractivity contribution in [1.82, 2.24) is 53.9 Å². The fraction of sp³-hybridized carbons (Fsp3) is 0.250. The Balaban J connectivity index is 0.765. The number of ether oxygens (including phenoxy) is 1. The van der Waals surface area contributed by atoms with Gasteiger partial charge in [0.2, 0.25) is 5.95 Å². The molecule has 1 fully saturated rings. The molecule has 0 spiro atoms. The van der Waals surface area contributed by atoms with Crippen LogP contribution in [-0.2, 0) is 0 Å². The van der Waals surface area contributed by atoms with Gasteiger partial charge in [-0.2, -0.15) is 4.98 Å². The maximum Gasteiger partial charge on any atom is 0.230 e. The van der Waals surface area contributed by atoms with E-state index in [1.165, 1.54) is 0 Å². The average Bonchev–Trinajstić information content (AvgIpc) is 4.12. The van der Waals surface area contributed by atoms with E-state index in [9.17, 15) is 0 Å². The van der Waals surface area contributed by atoms with Gasteiger partial charge in [-0.05, 0) is 113 Å². The lowest BCUT2D eigenvalue weighted by Gasteiger charge is -2.16. The van der Waals surface area contributed by atoms with E-state index in [0.717, 1.165) is 92.8 Å². The van der Waals surface area contributed by atoms with Crippen LogP contribution in [-0.4, -0.2) is 80.1 Å². The molecule has 13 nitrogen and oxygen atoms in total. The number of hydrogen-bond acceptors (Lipinski definition) is 9. The lowest BCUT2D eigenvalue weighted by Crippen LogP contribution is -2.26. The first-order valence-corrected chi connectivity index (χ1v) is 20.7. The van der Waals surface area contributed by atoms with E-state index in [2.05, 4.69) is 107 Å². The first-order chi connectivity index (χ1) is 29.8. The molecule has 61 heavy (non-hydrogen) atoms. The predicted octanol–water partition coefficient (Wildman–Crippen LogP) is 8.50. The summed E-state index contributed by atoms with van der Waals surface area (Å²) < 4.78 is 10.5. The molecular weight excluding hydrogens is 761 g/mol. The zero-order chi connectivity index (χ0) is 41.5. The van der Waals surface area contributed by atoms with Crippen LogP contribution in [0, 0.1) is 23.7 Å². The number of imidazole rings is 2.